The zero-order chi connectivity index (χ0) is 10.2. The van der Waals surface area contributed by atoms with Gasteiger partial charge in [-0.1, -0.05) is 0 Å². The molecule has 6 heteroatoms. The average molecular weight is 192 g/mol. The third-order valence-corrected chi connectivity index (χ3v) is 1.14. The molecular formula is C8H8N4O2. The lowest BCUT2D eigenvalue weighted by Crippen LogP contribution is -2.02. The first-order chi connectivity index (χ1) is 6.79. The van der Waals surface area contributed by atoms with Crippen molar-refractivity contribution in [2.75, 3.05) is 0 Å². The van der Waals surface area contributed by atoms with E-state index in [1.807, 2.05) is 0 Å². The molecule has 0 bridgehead atoms. The van der Waals surface area contributed by atoms with Gasteiger partial charge in [-0.2, -0.15) is 10.2 Å². The summed E-state index contributed by atoms with van der Waals surface area (Å²) in [4.78, 5) is 10.2. The van der Waals surface area contributed by atoms with Crippen LogP contribution in [0.1, 0.15) is 0 Å². The van der Waals surface area contributed by atoms with E-state index in [2.05, 4.69) is 20.4 Å². The first kappa shape index (κ1) is 9.85. The number of nitrogens with zero attached hydrogens (tertiary/aromatic N) is 3. The summed E-state index contributed by atoms with van der Waals surface area (Å²) >= 11 is 0. The van der Waals surface area contributed by atoms with E-state index in [1.165, 1.54) is 24.5 Å². The first-order valence-corrected chi connectivity index (χ1v) is 3.75. The Morgan fingerprint density at radius 1 is 1.21 bits per heavy atom. The molecule has 0 aliphatic rings. The Kier molecular flexibility index (Phi) is 3.81. The van der Waals surface area contributed by atoms with E-state index in [1.54, 1.807) is 12.1 Å². The molecule has 2 aromatic heterocycles. The summed E-state index contributed by atoms with van der Waals surface area (Å²) in [5, 5.41) is 20.8. The minimum Gasteiger partial charge on any atom is -0.492 e. The topological polar surface area (TPSA) is 91.8 Å². The maximum Gasteiger partial charge on any atom is 0.264 e. The summed E-state index contributed by atoms with van der Waals surface area (Å²) in [6, 6.07) is 6.07. The van der Waals surface area contributed by atoms with E-state index in [0.717, 1.165) is 0 Å². The van der Waals surface area contributed by atoms with E-state index in [9.17, 15) is 4.79 Å². The number of aromatic nitrogens is 4. The molecule has 0 atom stereocenters. The summed E-state index contributed by atoms with van der Waals surface area (Å²) in [6.45, 7) is 0. The molecule has 2 aromatic rings. The van der Waals surface area contributed by atoms with Gasteiger partial charge in [0, 0.05) is 24.5 Å². The third-order valence-electron chi connectivity index (χ3n) is 1.14. The number of nitrogens with one attached hydrogen (secondary N) is 1. The van der Waals surface area contributed by atoms with E-state index in [0.29, 0.717) is 0 Å². The highest BCUT2D eigenvalue weighted by Gasteiger charge is 1.78. The number of H-pyrrole nitrogens is 1. The lowest BCUT2D eigenvalue weighted by atomic mass is 10.6. The molecule has 14 heavy (non-hydrogen) atoms. The molecule has 0 aromatic carbocycles. The second kappa shape index (κ2) is 5.41. The fourth-order valence-corrected chi connectivity index (χ4v) is 0.605. The van der Waals surface area contributed by atoms with Gasteiger partial charge in [-0.05, 0) is 12.1 Å². The van der Waals surface area contributed by atoms with Gasteiger partial charge < -0.3 is 5.11 Å². The zero-order valence-corrected chi connectivity index (χ0v) is 7.16. The van der Waals surface area contributed by atoms with E-state index < -0.39 is 0 Å². The molecule has 0 radical (unpaired) electrons. The average Bonchev–Trinajstić information content (AvgIpc) is 2.21. The predicted molar refractivity (Wildman–Crippen MR) is 48.6 cm³/mol. The molecule has 0 fully saturated rings. The number of hydrogen-bond donors (Lipinski definition) is 2. The second-order valence-electron chi connectivity index (χ2n) is 2.20. The maximum absolute atomic E-state index is 10.2. The number of aromatic hydroxyl groups is 1. The van der Waals surface area contributed by atoms with Gasteiger partial charge in [0.2, 0.25) is 5.88 Å². The van der Waals surface area contributed by atoms with Crippen molar-refractivity contribution in [2.45, 2.75) is 0 Å². The molecule has 0 saturated heterocycles. The van der Waals surface area contributed by atoms with Gasteiger partial charge in [0.15, 0.2) is 0 Å². The van der Waals surface area contributed by atoms with Gasteiger partial charge in [0.25, 0.3) is 5.56 Å². The van der Waals surface area contributed by atoms with E-state index in [4.69, 9.17) is 5.11 Å². The van der Waals surface area contributed by atoms with Crippen LogP contribution in [0.5, 0.6) is 5.88 Å². The standard InChI is InChI=1S/2C4H4N2O/c2*7-4-2-1-3-5-6-4/h2*1-3H,(H,6,7). The van der Waals surface area contributed by atoms with Crippen molar-refractivity contribution >= 4 is 0 Å². The van der Waals surface area contributed by atoms with Gasteiger partial charge in [-0.15, -0.1) is 5.10 Å². The van der Waals surface area contributed by atoms with Gasteiger partial charge >= 0.3 is 0 Å². The molecule has 0 aliphatic heterocycles. The van der Waals surface area contributed by atoms with Crippen LogP contribution in [-0.2, 0) is 0 Å². The molecule has 0 spiro atoms. The molecule has 2 N–H and O–H groups in total. The number of rotatable bonds is 0. The Labute approximate surface area is 79.3 Å². The van der Waals surface area contributed by atoms with Crippen LogP contribution < -0.4 is 5.56 Å². The van der Waals surface area contributed by atoms with Crippen LogP contribution in [0.2, 0.25) is 0 Å². The summed E-state index contributed by atoms with van der Waals surface area (Å²) in [5.74, 6) is -0.0394. The van der Waals surface area contributed by atoms with Crippen molar-refractivity contribution in [3.05, 3.63) is 47.0 Å². The minimum atomic E-state index is -0.164. The lowest BCUT2D eigenvalue weighted by Gasteiger charge is -1.80. The molecule has 0 aliphatic carbocycles. The van der Waals surface area contributed by atoms with E-state index >= 15 is 0 Å². The highest BCUT2D eigenvalue weighted by molar-refractivity contribution is 5.01. The molecular weight excluding hydrogens is 184 g/mol. The Balaban J connectivity index is 0.000000140. The van der Waals surface area contributed by atoms with Crippen molar-refractivity contribution in [1.29, 1.82) is 0 Å². The van der Waals surface area contributed by atoms with Crippen LogP contribution in [0.3, 0.4) is 0 Å². The lowest BCUT2D eigenvalue weighted by molar-refractivity contribution is 0.445. The van der Waals surface area contributed by atoms with Crippen molar-refractivity contribution < 1.29 is 5.11 Å². The Morgan fingerprint density at radius 3 is 2.29 bits per heavy atom. The van der Waals surface area contributed by atoms with Crippen molar-refractivity contribution in [1.82, 2.24) is 20.4 Å². The van der Waals surface area contributed by atoms with E-state index in [-0.39, 0.29) is 11.4 Å². The van der Waals surface area contributed by atoms with Crippen LogP contribution >= 0.6 is 0 Å². The molecule has 6 nitrogen and oxygen atoms in total. The molecule has 2 rings (SSSR count). The summed E-state index contributed by atoms with van der Waals surface area (Å²) in [6.07, 6.45) is 3.01. The Hall–Kier alpha value is -2.24. The monoisotopic (exact) mass is 192 g/mol. The number of aromatic amines is 1. The second-order valence-corrected chi connectivity index (χ2v) is 2.20. The smallest absolute Gasteiger partial charge is 0.264 e. The highest BCUT2D eigenvalue weighted by Crippen LogP contribution is 1.94. The van der Waals surface area contributed by atoms with Crippen LogP contribution in [0, 0.1) is 0 Å². The van der Waals surface area contributed by atoms with Crippen LogP contribution in [0.15, 0.2) is 41.5 Å². The number of hydrogen-bond acceptors (Lipinski definition) is 5. The van der Waals surface area contributed by atoms with Gasteiger partial charge in [-0.3, -0.25) is 4.79 Å². The normalized spacial score (nSPS) is 8.57. The predicted octanol–water partition coefficient (Wildman–Crippen LogP) is -0.0479. The SMILES string of the molecule is O=c1cccn[nH]1.Oc1cccnn1. The zero-order valence-electron chi connectivity index (χ0n) is 7.16. The van der Waals surface area contributed by atoms with Crippen LogP contribution in [0.4, 0.5) is 0 Å². The van der Waals surface area contributed by atoms with Gasteiger partial charge in [-0.25, -0.2) is 5.10 Å². The van der Waals surface area contributed by atoms with Crippen LogP contribution in [-0.4, -0.2) is 25.5 Å². The summed E-state index contributed by atoms with van der Waals surface area (Å²) in [7, 11) is 0. The third kappa shape index (κ3) is 3.96. The molecule has 72 valence electrons. The first-order valence-electron chi connectivity index (χ1n) is 3.75. The summed E-state index contributed by atoms with van der Waals surface area (Å²) in [5.41, 5.74) is -0.164. The quantitative estimate of drug-likeness (QED) is 0.610. The van der Waals surface area contributed by atoms with Crippen molar-refractivity contribution in [3.8, 4) is 5.88 Å². The fourth-order valence-electron chi connectivity index (χ4n) is 0.605. The minimum absolute atomic E-state index is 0.0394. The molecule has 2 heterocycles. The fraction of sp³-hybridized carbons (Fsp3) is 0. The highest BCUT2D eigenvalue weighted by atomic mass is 16.3. The van der Waals surface area contributed by atoms with Crippen molar-refractivity contribution in [2.24, 2.45) is 0 Å². The molecule has 0 saturated carbocycles. The maximum atomic E-state index is 10.2. The van der Waals surface area contributed by atoms with Gasteiger partial charge in [0.1, 0.15) is 0 Å². The Bertz CT molecular complexity index is 397. The van der Waals surface area contributed by atoms with Crippen LogP contribution in [0.25, 0.3) is 0 Å². The largest absolute Gasteiger partial charge is 0.492 e. The van der Waals surface area contributed by atoms with Gasteiger partial charge in [0.05, 0.1) is 0 Å². The molecule has 0 amide bonds. The van der Waals surface area contributed by atoms with Crippen molar-refractivity contribution in [3.63, 3.8) is 0 Å². The summed E-state index contributed by atoms with van der Waals surface area (Å²) < 4.78 is 0. The Morgan fingerprint density at radius 2 is 2.00 bits per heavy atom. The molecule has 0 unspecified atom stereocenters.